The Hall–Kier alpha value is -2.62. The molecule has 0 bridgehead atoms. The Bertz CT molecular complexity index is 1090. The van der Waals surface area contributed by atoms with Gasteiger partial charge in [0.25, 0.3) is 0 Å². The van der Waals surface area contributed by atoms with Crippen LogP contribution in [-0.4, -0.2) is 58.1 Å². The van der Waals surface area contributed by atoms with Crippen LogP contribution in [0.15, 0.2) is 58.8 Å². The second kappa shape index (κ2) is 8.63. The van der Waals surface area contributed by atoms with E-state index in [2.05, 4.69) is 4.90 Å². The maximum atomic E-state index is 12.9. The van der Waals surface area contributed by atoms with Crippen LogP contribution >= 0.6 is 11.3 Å². The third kappa shape index (κ3) is 4.14. The number of piperazine rings is 1. The van der Waals surface area contributed by atoms with E-state index in [9.17, 15) is 8.42 Å². The van der Waals surface area contributed by atoms with E-state index in [1.807, 2.05) is 29.6 Å². The Labute approximate surface area is 180 Å². The molecule has 0 spiro atoms. The van der Waals surface area contributed by atoms with Crippen molar-refractivity contribution in [3.63, 3.8) is 0 Å². The minimum atomic E-state index is -3.51. The molecule has 2 heterocycles. The molecule has 30 heavy (non-hydrogen) atoms. The molecule has 1 aliphatic heterocycles. The van der Waals surface area contributed by atoms with Gasteiger partial charge in [0.1, 0.15) is 11.5 Å². The molecular formula is C21H23N3O4S2. The highest BCUT2D eigenvalue weighted by Gasteiger charge is 2.29. The zero-order valence-electron chi connectivity index (χ0n) is 16.8. The molecule has 0 radical (unpaired) electrons. The van der Waals surface area contributed by atoms with Crippen molar-refractivity contribution in [2.24, 2.45) is 0 Å². The fourth-order valence-electron chi connectivity index (χ4n) is 3.32. The summed E-state index contributed by atoms with van der Waals surface area (Å²) in [5, 5.41) is 2.93. The summed E-state index contributed by atoms with van der Waals surface area (Å²) in [6.07, 6.45) is 0. The Morgan fingerprint density at radius 3 is 2.00 bits per heavy atom. The number of sulfonamides is 1. The molecule has 1 saturated heterocycles. The van der Waals surface area contributed by atoms with Crippen molar-refractivity contribution >= 4 is 26.5 Å². The van der Waals surface area contributed by atoms with Gasteiger partial charge in [0, 0.05) is 37.1 Å². The molecule has 1 aliphatic rings. The zero-order valence-corrected chi connectivity index (χ0v) is 18.4. The number of thiazole rings is 1. The van der Waals surface area contributed by atoms with Gasteiger partial charge in [-0.1, -0.05) is 0 Å². The summed E-state index contributed by atoms with van der Waals surface area (Å²) in [4.78, 5) is 7.17. The van der Waals surface area contributed by atoms with Crippen molar-refractivity contribution in [3.8, 4) is 22.8 Å². The van der Waals surface area contributed by atoms with Gasteiger partial charge in [-0.2, -0.15) is 4.31 Å². The number of aromatic nitrogens is 1. The standard InChI is InChI=1S/C21H23N3O4S2/c1-27-17-5-3-16(4-6-17)20-15-29-21(22-20)23-11-13-24(14-12-23)30(25,26)19-9-7-18(28-2)8-10-19/h3-10,15H,11-14H2,1-2H3. The number of ether oxygens (including phenoxy) is 2. The lowest BCUT2D eigenvalue weighted by Gasteiger charge is -2.33. The fourth-order valence-corrected chi connectivity index (χ4v) is 5.63. The van der Waals surface area contributed by atoms with Gasteiger partial charge < -0.3 is 14.4 Å². The van der Waals surface area contributed by atoms with Crippen LogP contribution in [0.25, 0.3) is 11.3 Å². The lowest BCUT2D eigenvalue weighted by Crippen LogP contribution is -2.48. The van der Waals surface area contributed by atoms with Crippen LogP contribution in [0.2, 0.25) is 0 Å². The van der Waals surface area contributed by atoms with E-state index >= 15 is 0 Å². The largest absolute Gasteiger partial charge is 0.497 e. The third-order valence-corrected chi connectivity index (χ3v) is 7.90. The monoisotopic (exact) mass is 445 g/mol. The summed E-state index contributed by atoms with van der Waals surface area (Å²) >= 11 is 1.57. The van der Waals surface area contributed by atoms with Crippen molar-refractivity contribution in [1.29, 1.82) is 0 Å². The van der Waals surface area contributed by atoms with Crippen LogP contribution in [0, 0.1) is 0 Å². The molecule has 0 atom stereocenters. The van der Waals surface area contributed by atoms with E-state index in [4.69, 9.17) is 14.5 Å². The van der Waals surface area contributed by atoms with Crippen molar-refractivity contribution in [2.75, 3.05) is 45.3 Å². The van der Waals surface area contributed by atoms with Gasteiger partial charge in [0.05, 0.1) is 24.8 Å². The van der Waals surface area contributed by atoms with Gasteiger partial charge in [0.15, 0.2) is 5.13 Å². The molecule has 0 aliphatic carbocycles. The van der Waals surface area contributed by atoms with Crippen LogP contribution < -0.4 is 14.4 Å². The molecule has 1 aromatic heterocycles. The van der Waals surface area contributed by atoms with E-state index < -0.39 is 10.0 Å². The molecule has 0 unspecified atom stereocenters. The molecule has 0 amide bonds. The van der Waals surface area contributed by atoms with Crippen molar-refractivity contribution in [2.45, 2.75) is 4.90 Å². The predicted octanol–water partition coefficient (Wildman–Crippen LogP) is 3.34. The summed E-state index contributed by atoms with van der Waals surface area (Å²) in [5.74, 6) is 1.44. The first-order valence-electron chi connectivity index (χ1n) is 9.50. The smallest absolute Gasteiger partial charge is 0.243 e. The Morgan fingerprint density at radius 2 is 1.43 bits per heavy atom. The van der Waals surface area contributed by atoms with Gasteiger partial charge in [-0.05, 0) is 48.5 Å². The number of anilines is 1. The van der Waals surface area contributed by atoms with Crippen LogP contribution in [0.3, 0.4) is 0 Å². The maximum absolute atomic E-state index is 12.9. The molecule has 3 aromatic rings. The Balaban J connectivity index is 1.42. The molecular weight excluding hydrogens is 422 g/mol. The van der Waals surface area contributed by atoms with Crippen molar-refractivity contribution in [3.05, 3.63) is 53.9 Å². The highest BCUT2D eigenvalue weighted by molar-refractivity contribution is 7.89. The van der Waals surface area contributed by atoms with Crippen LogP contribution in [0.1, 0.15) is 0 Å². The molecule has 0 N–H and O–H groups in total. The van der Waals surface area contributed by atoms with Crippen LogP contribution in [0.5, 0.6) is 11.5 Å². The summed E-state index contributed by atoms with van der Waals surface area (Å²) < 4.78 is 37.7. The molecule has 7 nitrogen and oxygen atoms in total. The number of benzene rings is 2. The third-order valence-electron chi connectivity index (χ3n) is 5.08. The molecule has 158 valence electrons. The number of rotatable bonds is 6. The summed E-state index contributed by atoms with van der Waals surface area (Å²) in [5.41, 5.74) is 1.94. The topological polar surface area (TPSA) is 72.0 Å². The Morgan fingerprint density at radius 1 is 0.867 bits per heavy atom. The molecule has 0 saturated carbocycles. The predicted molar refractivity (Wildman–Crippen MR) is 118 cm³/mol. The first kappa shape index (κ1) is 20.6. The second-order valence-corrected chi connectivity index (χ2v) is 9.58. The van der Waals surface area contributed by atoms with Crippen LogP contribution in [-0.2, 0) is 10.0 Å². The normalized spacial score (nSPS) is 15.2. The Kier molecular flexibility index (Phi) is 5.94. The lowest BCUT2D eigenvalue weighted by atomic mass is 10.2. The number of hydrogen-bond acceptors (Lipinski definition) is 7. The lowest BCUT2D eigenvalue weighted by molar-refractivity contribution is 0.384. The molecule has 2 aromatic carbocycles. The first-order chi connectivity index (χ1) is 14.5. The average Bonchev–Trinajstić information content (AvgIpc) is 3.29. The molecule has 9 heteroatoms. The number of methoxy groups -OCH3 is 2. The van der Waals surface area contributed by atoms with Gasteiger partial charge in [0.2, 0.25) is 10.0 Å². The highest BCUT2D eigenvalue weighted by atomic mass is 32.2. The minimum absolute atomic E-state index is 0.285. The average molecular weight is 446 g/mol. The zero-order chi connectivity index (χ0) is 21.1. The SMILES string of the molecule is COc1ccc(-c2csc(N3CCN(S(=O)(=O)c4ccc(OC)cc4)CC3)n2)cc1. The van der Waals surface area contributed by atoms with E-state index in [1.165, 1.54) is 4.31 Å². The molecule has 1 fully saturated rings. The first-order valence-corrected chi connectivity index (χ1v) is 11.8. The highest BCUT2D eigenvalue weighted by Crippen LogP contribution is 2.30. The summed E-state index contributed by atoms with van der Waals surface area (Å²) in [6, 6.07) is 14.3. The summed E-state index contributed by atoms with van der Waals surface area (Å²) in [7, 11) is -0.315. The van der Waals surface area contributed by atoms with E-state index in [1.54, 1.807) is 49.8 Å². The fraction of sp³-hybridized carbons (Fsp3) is 0.286. The van der Waals surface area contributed by atoms with Gasteiger partial charge in [-0.15, -0.1) is 11.3 Å². The molecule has 4 rings (SSSR count). The van der Waals surface area contributed by atoms with Gasteiger partial charge >= 0.3 is 0 Å². The van der Waals surface area contributed by atoms with Gasteiger partial charge in [-0.3, -0.25) is 0 Å². The van der Waals surface area contributed by atoms with Crippen LogP contribution in [0.4, 0.5) is 5.13 Å². The van der Waals surface area contributed by atoms with E-state index in [-0.39, 0.29) is 4.90 Å². The number of hydrogen-bond donors (Lipinski definition) is 0. The van der Waals surface area contributed by atoms with Crippen molar-refractivity contribution in [1.82, 2.24) is 9.29 Å². The summed E-state index contributed by atoms with van der Waals surface area (Å²) in [6.45, 7) is 2.05. The minimum Gasteiger partial charge on any atom is -0.497 e. The van der Waals surface area contributed by atoms with Gasteiger partial charge in [-0.25, -0.2) is 13.4 Å². The van der Waals surface area contributed by atoms with E-state index in [0.29, 0.717) is 31.9 Å². The quantitative estimate of drug-likeness (QED) is 0.580. The van der Waals surface area contributed by atoms with Crippen molar-refractivity contribution < 1.29 is 17.9 Å². The van der Waals surface area contributed by atoms with E-state index in [0.717, 1.165) is 22.1 Å². The second-order valence-electron chi connectivity index (χ2n) is 6.81. The number of nitrogens with zero attached hydrogens (tertiary/aromatic N) is 3. The maximum Gasteiger partial charge on any atom is 0.243 e.